The molecule has 1 amide bonds. The zero-order valence-corrected chi connectivity index (χ0v) is 19.0. The van der Waals surface area contributed by atoms with Crippen molar-refractivity contribution in [2.24, 2.45) is 0 Å². The Morgan fingerprint density at radius 1 is 1.16 bits per heavy atom. The molecule has 1 aromatic heterocycles. The van der Waals surface area contributed by atoms with Gasteiger partial charge in [-0.3, -0.25) is 9.69 Å². The van der Waals surface area contributed by atoms with Crippen LogP contribution in [0.3, 0.4) is 0 Å². The van der Waals surface area contributed by atoms with Crippen molar-refractivity contribution in [1.29, 1.82) is 0 Å². The fraction of sp³-hybridized carbons (Fsp3) is 0.440. The van der Waals surface area contributed by atoms with E-state index in [1.807, 2.05) is 30.3 Å². The molecule has 0 radical (unpaired) electrons. The quantitative estimate of drug-likeness (QED) is 0.451. The van der Waals surface area contributed by atoms with E-state index >= 15 is 0 Å². The second-order valence-electron chi connectivity index (χ2n) is 8.54. The van der Waals surface area contributed by atoms with E-state index in [0.717, 1.165) is 48.3 Å². The number of fused-ring (bicyclic) bond motifs is 1. The Balaban J connectivity index is 1.10. The van der Waals surface area contributed by atoms with Crippen LogP contribution in [-0.4, -0.2) is 47.6 Å². The number of nitrogens with one attached hydrogen (secondary N) is 1. The molecule has 2 fully saturated rings. The average Bonchev–Trinajstić information content (AvgIpc) is 3.34. The summed E-state index contributed by atoms with van der Waals surface area (Å²) >= 11 is 1.56. The third-order valence-corrected chi connectivity index (χ3v) is 6.91. The number of carbonyl (C=O) groups is 1. The second-order valence-corrected chi connectivity index (χ2v) is 9.53. The van der Waals surface area contributed by atoms with Crippen molar-refractivity contribution in [3.63, 3.8) is 0 Å². The number of carbonyl (C=O) groups excluding carboxylic acids is 1. The van der Waals surface area contributed by atoms with Crippen LogP contribution in [0.5, 0.6) is 10.9 Å². The molecule has 1 aliphatic heterocycles. The van der Waals surface area contributed by atoms with Gasteiger partial charge in [-0.25, -0.2) is 4.98 Å². The van der Waals surface area contributed by atoms with Gasteiger partial charge in [-0.1, -0.05) is 35.6 Å². The Morgan fingerprint density at radius 2 is 2.00 bits per heavy atom. The predicted molar refractivity (Wildman–Crippen MR) is 126 cm³/mol. The maximum atomic E-state index is 12.1. The maximum Gasteiger partial charge on any atom is 0.279 e. The molecule has 0 spiro atoms. The van der Waals surface area contributed by atoms with Crippen molar-refractivity contribution in [2.75, 3.05) is 19.7 Å². The maximum absolute atomic E-state index is 12.1. The van der Waals surface area contributed by atoms with Crippen molar-refractivity contribution in [3.05, 3.63) is 54.1 Å². The lowest BCUT2D eigenvalue weighted by Crippen LogP contribution is -2.36. The Kier molecular flexibility index (Phi) is 6.67. The van der Waals surface area contributed by atoms with Crippen LogP contribution in [0.1, 0.15) is 37.7 Å². The van der Waals surface area contributed by atoms with Crippen LogP contribution in [0.15, 0.2) is 48.5 Å². The first-order valence-electron chi connectivity index (χ1n) is 11.5. The molecule has 7 heteroatoms. The number of hydrogen-bond acceptors (Lipinski definition) is 6. The molecule has 1 N–H and O–H groups in total. The molecule has 2 aliphatic rings. The first-order valence-corrected chi connectivity index (χ1v) is 12.3. The molecule has 5 rings (SSSR count). The number of ether oxygens (including phenoxy) is 2. The van der Waals surface area contributed by atoms with Crippen LogP contribution in [-0.2, 0) is 16.1 Å². The minimum atomic E-state index is -0.238. The van der Waals surface area contributed by atoms with Crippen molar-refractivity contribution >= 4 is 27.5 Å². The molecule has 2 aromatic carbocycles. The van der Waals surface area contributed by atoms with E-state index in [0.29, 0.717) is 24.4 Å². The summed E-state index contributed by atoms with van der Waals surface area (Å²) in [5.41, 5.74) is 2.24. The number of amides is 1. The zero-order chi connectivity index (χ0) is 21.8. The molecule has 1 saturated heterocycles. The van der Waals surface area contributed by atoms with E-state index < -0.39 is 0 Å². The molecule has 1 aliphatic carbocycles. The van der Waals surface area contributed by atoms with Gasteiger partial charge in [-0.15, -0.1) is 0 Å². The lowest BCUT2D eigenvalue weighted by Gasteiger charge is -2.22. The number of para-hydroxylation sites is 1. The standard InChI is InChI=1S/C25H29N3O3S/c29-24(22-6-3-16-30-22)26-14-4-15-28(19-10-11-19)17-18-8-12-20(13-9-18)31-25-27-21-5-1-2-7-23(21)32-25/h1-2,5,7-9,12-13,19,22H,3-4,6,10-11,14-17H2,(H,26,29). The smallest absolute Gasteiger partial charge is 0.279 e. The molecule has 168 valence electrons. The number of aromatic nitrogens is 1. The Bertz CT molecular complexity index is 1010. The summed E-state index contributed by atoms with van der Waals surface area (Å²) in [6.07, 6.45) is 5.07. The van der Waals surface area contributed by atoms with Gasteiger partial charge in [0.2, 0.25) is 5.91 Å². The van der Waals surface area contributed by atoms with Gasteiger partial charge in [-0.2, -0.15) is 0 Å². The molecule has 1 saturated carbocycles. The number of benzene rings is 2. The van der Waals surface area contributed by atoms with Crippen LogP contribution in [0, 0.1) is 0 Å². The number of hydrogen-bond donors (Lipinski definition) is 1. The summed E-state index contributed by atoms with van der Waals surface area (Å²) < 4.78 is 12.5. The van der Waals surface area contributed by atoms with Gasteiger partial charge in [0.1, 0.15) is 11.9 Å². The van der Waals surface area contributed by atoms with Crippen molar-refractivity contribution in [1.82, 2.24) is 15.2 Å². The van der Waals surface area contributed by atoms with Crippen LogP contribution < -0.4 is 10.1 Å². The Hall–Kier alpha value is -2.48. The second kappa shape index (κ2) is 9.98. The molecule has 2 heterocycles. The van der Waals surface area contributed by atoms with Crippen LogP contribution in [0.2, 0.25) is 0 Å². The highest BCUT2D eigenvalue weighted by Crippen LogP contribution is 2.32. The number of rotatable bonds is 10. The number of nitrogens with zero attached hydrogens (tertiary/aromatic N) is 2. The summed E-state index contributed by atoms with van der Waals surface area (Å²) in [7, 11) is 0. The third kappa shape index (κ3) is 5.46. The summed E-state index contributed by atoms with van der Waals surface area (Å²) in [4.78, 5) is 19.1. The van der Waals surface area contributed by atoms with Gasteiger partial charge in [0.05, 0.1) is 10.2 Å². The molecule has 1 unspecified atom stereocenters. The van der Waals surface area contributed by atoms with E-state index in [2.05, 4.69) is 33.4 Å². The van der Waals surface area contributed by atoms with Gasteiger partial charge in [0.15, 0.2) is 0 Å². The van der Waals surface area contributed by atoms with Crippen molar-refractivity contribution < 1.29 is 14.3 Å². The fourth-order valence-corrected chi connectivity index (χ4v) is 4.95. The molecule has 0 bridgehead atoms. The van der Waals surface area contributed by atoms with Crippen molar-refractivity contribution in [2.45, 2.75) is 50.8 Å². The largest absolute Gasteiger partial charge is 0.431 e. The van der Waals surface area contributed by atoms with Gasteiger partial charge < -0.3 is 14.8 Å². The van der Waals surface area contributed by atoms with Crippen LogP contribution >= 0.6 is 11.3 Å². The zero-order valence-electron chi connectivity index (χ0n) is 18.2. The molecule has 3 aromatic rings. The van der Waals surface area contributed by atoms with Gasteiger partial charge in [-0.05, 0) is 61.9 Å². The summed E-state index contributed by atoms with van der Waals surface area (Å²) in [5, 5.41) is 3.70. The van der Waals surface area contributed by atoms with Crippen LogP contribution in [0.25, 0.3) is 10.2 Å². The molecular weight excluding hydrogens is 422 g/mol. The molecular formula is C25H29N3O3S. The SMILES string of the molecule is O=C(NCCCN(Cc1ccc(Oc2nc3ccccc3s2)cc1)C1CC1)C1CCCO1. The van der Waals surface area contributed by atoms with E-state index in [9.17, 15) is 4.79 Å². The van der Waals surface area contributed by atoms with Gasteiger partial charge in [0, 0.05) is 32.3 Å². The minimum Gasteiger partial charge on any atom is -0.431 e. The highest BCUT2D eigenvalue weighted by Gasteiger charge is 2.28. The van der Waals surface area contributed by atoms with Gasteiger partial charge >= 0.3 is 0 Å². The Labute approximate surface area is 192 Å². The lowest BCUT2D eigenvalue weighted by molar-refractivity contribution is -0.130. The summed E-state index contributed by atoms with van der Waals surface area (Å²) in [6.45, 7) is 3.32. The summed E-state index contributed by atoms with van der Waals surface area (Å²) in [5.74, 6) is 0.854. The summed E-state index contributed by atoms with van der Waals surface area (Å²) in [6, 6.07) is 17.1. The Morgan fingerprint density at radius 3 is 2.75 bits per heavy atom. The molecule has 1 atom stereocenters. The topological polar surface area (TPSA) is 63.7 Å². The normalized spacial score (nSPS) is 18.3. The van der Waals surface area contributed by atoms with E-state index in [1.165, 1.54) is 18.4 Å². The number of thiazole rings is 1. The van der Waals surface area contributed by atoms with Crippen molar-refractivity contribution in [3.8, 4) is 10.9 Å². The highest BCUT2D eigenvalue weighted by molar-refractivity contribution is 7.20. The van der Waals surface area contributed by atoms with E-state index in [1.54, 1.807) is 11.3 Å². The molecule has 6 nitrogen and oxygen atoms in total. The minimum absolute atomic E-state index is 0.0455. The molecule has 32 heavy (non-hydrogen) atoms. The first-order chi connectivity index (χ1) is 15.7. The van der Waals surface area contributed by atoms with Crippen LogP contribution in [0.4, 0.5) is 0 Å². The van der Waals surface area contributed by atoms with E-state index in [-0.39, 0.29) is 12.0 Å². The highest BCUT2D eigenvalue weighted by atomic mass is 32.1. The fourth-order valence-electron chi connectivity index (χ4n) is 4.12. The lowest BCUT2D eigenvalue weighted by atomic mass is 10.2. The van der Waals surface area contributed by atoms with E-state index in [4.69, 9.17) is 9.47 Å². The third-order valence-electron chi connectivity index (χ3n) is 6.00. The average molecular weight is 452 g/mol. The monoisotopic (exact) mass is 451 g/mol. The predicted octanol–water partition coefficient (Wildman–Crippen LogP) is 4.74. The van der Waals surface area contributed by atoms with Gasteiger partial charge in [0.25, 0.3) is 5.19 Å². The first kappa shape index (κ1) is 21.4.